The number of carbonyl (C=O) groups excluding carboxylic acids is 1. The normalized spacial score (nSPS) is 11.4. The van der Waals surface area contributed by atoms with Gasteiger partial charge in [0.15, 0.2) is 5.82 Å². The molecule has 1 aromatic carbocycles. The highest BCUT2D eigenvalue weighted by molar-refractivity contribution is 6.06. The highest BCUT2D eigenvalue weighted by atomic mass is 16.2. The summed E-state index contributed by atoms with van der Waals surface area (Å²) in [4.78, 5) is 22.9. The van der Waals surface area contributed by atoms with Gasteiger partial charge in [-0.15, -0.1) is 0 Å². The van der Waals surface area contributed by atoms with Gasteiger partial charge >= 0.3 is 0 Å². The van der Waals surface area contributed by atoms with E-state index in [9.17, 15) is 4.79 Å². The maximum Gasteiger partial charge on any atom is 0.219 e. The highest BCUT2D eigenvalue weighted by Crippen LogP contribution is 2.27. The summed E-state index contributed by atoms with van der Waals surface area (Å²) >= 11 is 0. The van der Waals surface area contributed by atoms with Gasteiger partial charge in [-0.1, -0.05) is 57.2 Å². The molecule has 0 saturated carbocycles. The van der Waals surface area contributed by atoms with Gasteiger partial charge in [0.25, 0.3) is 0 Å². The zero-order valence-corrected chi connectivity index (χ0v) is 18.4. The van der Waals surface area contributed by atoms with Crippen molar-refractivity contribution in [2.24, 2.45) is 0 Å². The summed E-state index contributed by atoms with van der Waals surface area (Å²) < 4.78 is 2.17. The Morgan fingerprint density at radius 3 is 2.50 bits per heavy atom. The Morgan fingerprint density at radius 2 is 1.73 bits per heavy atom. The maximum atomic E-state index is 12.0. The number of imidazole rings is 1. The molecule has 0 unspecified atom stereocenters. The van der Waals surface area contributed by atoms with Gasteiger partial charge in [-0.3, -0.25) is 4.79 Å². The number of para-hydroxylation sites is 1. The second-order valence-corrected chi connectivity index (χ2v) is 8.13. The first-order valence-electron chi connectivity index (χ1n) is 11.4. The minimum atomic E-state index is 0.182. The fraction of sp³-hybridized carbons (Fsp3) is 0.542. The van der Waals surface area contributed by atoms with Crippen LogP contribution in [0.1, 0.15) is 65.2 Å². The van der Waals surface area contributed by atoms with Gasteiger partial charge in [0.2, 0.25) is 5.91 Å². The topological polar surface area (TPSA) is 77.0 Å². The van der Waals surface area contributed by atoms with Gasteiger partial charge in [0.05, 0.1) is 17.4 Å². The summed E-state index contributed by atoms with van der Waals surface area (Å²) in [5.74, 6) is 0.658. The Bertz CT molecular complexity index is 965. The van der Waals surface area contributed by atoms with E-state index in [0.29, 0.717) is 5.82 Å². The third-order valence-electron chi connectivity index (χ3n) is 5.78. The SMILES string of the molecule is CCCCCCCCN(CCCCn1cnc2c(N)nc3ccccc3c21)C(C)=O. The number of aryl methyl sites for hydroxylation is 1. The molecule has 0 radical (unpaired) electrons. The Hall–Kier alpha value is -2.63. The van der Waals surface area contributed by atoms with Crippen molar-refractivity contribution in [3.05, 3.63) is 30.6 Å². The van der Waals surface area contributed by atoms with Crippen molar-refractivity contribution in [3.63, 3.8) is 0 Å². The number of amides is 1. The number of rotatable bonds is 12. The molecule has 2 N–H and O–H groups in total. The van der Waals surface area contributed by atoms with Crippen molar-refractivity contribution in [2.45, 2.75) is 71.8 Å². The quantitative estimate of drug-likeness (QED) is 0.419. The number of pyridine rings is 1. The molecule has 162 valence electrons. The standard InChI is InChI=1S/C24H35N5O/c1-3-4-5-6-7-10-15-28(19(2)30)16-11-12-17-29-18-26-22-23(29)20-13-8-9-14-21(20)27-24(22)25/h8-9,13-14,18H,3-7,10-12,15-17H2,1-2H3,(H2,25,27). The van der Waals surface area contributed by atoms with Gasteiger partial charge in [-0.25, -0.2) is 9.97 Å². The maximum absolute atomic E-state index is 12.0. The molecule has 1 amide bonds. The highest BCUT2D eigenvalue weighted by Gasteiger charge is 2.12. The van der Waals surface area contributed by atoms with Crippen LogP contribution in [0.4, 0.5) is 5.82 Å². The first-order valence-corrected chi connectivity index (χ1v) is 11.4. The molecule has 6 heteroatoms. The summed E-state index contributed by atoms with van der Waals surface area (Å²) in [5.41, 5.74) is 8.83. The van der Waals surface area contributed by atoms with Crippen LogP contribution in [-0.4, -0.2) is 38.4 Å². The number of aromatic nitrogens is 3. The third kappa shape index (κ3) is 5.49. The molecule has 3 aromatic rings. The van der Waals surface area contributed by atoms with Gasteiger partial charge in [-0.2, -0.15) is 0 Å². The van der Waals surface area contributed by atoms with Crippen LogP contribution in [0.5, 0.6) is 0 Å². The van der Waals surface area contributed by atoms with Crippen molar-refractivity contribution in [1.29, 1.82) is 0 Å². The average Bonchev–Trinajstić information content (AvgIpc) is 3.17. The van der Waals surface area contributed by atoms with Crippen LogP contribution in [0, 0.1) is 0 Å². The number of benzene rings is 1. The molecule has 0 saturated heterocycles. The van der Waals surface area contributed by atoms with Crippen molar-refractivity contribution >= 4 is 33.7 Å². The van der Waals surface area contributed by atoms with E-state index < -0.39 is 0 Å². The molecule has 2 heterocycles. The molecule has 0 aliphatic carbocycles. The number of nitrogens with two attached hydrogens (primary N) is 1. The van der Waals surface area contributed by atoms with E-state index in [0.717, 1.165) is 60.8 Å². The summed E-state index contributed by atoms with van der Waals surface area (Å²) in [6.07, 6.45) is 11.3. The second kappa shape index (κ2) is 11.0. The van der Waals surface area contributed by atoms with Crippen LogP contribution in [0.25, 0.3) is 21.9 Å². The van der Waals surface area contributed by atoms with Crippen LogP contribution in [0.3, 0.4) is 0 Å². The van der Waals surface area contributed by atoms with E-state index in [1.54, 1.807) is 6.92 Å². The Labute approximate surface area is 179 Å². The van der Waals surface area contributed by atoms with Gasteiger partial charge in [0, 0.05) is 31.9 Å². The lowest BCUT2D eigenvalue weighted by molar-refractivity contribution is -0.129. The monoisotopic (exact) mass is 409 g/mol. The number of hydrogen-bond donors (Lipinski definition) is 1. The van der Waals surface area contributed by atoms with E-state index in [1.807, 2.05) is 29.4 Å². The third-order valence-corrected chi connectivity index (χ3v) is 5.78. The van der Waals surface area contributed by atoms with Crippen molar-refractivity contribution in [3.8, 4) is 0 Å². The van der Waals surface area contributed by atoms with Gasteiger partial charge in [-0.05, 0) is 25.3 Å². The molecule has 3 rings (SSSR count). The fourth-order valence-corrected chi connectivity index (χ4v) is 4.07. The number of nitrogen functional groups attached to an aromatic ring is 1. The minimum Gasteiger partial charge on any atom is -0.382 e. The van der Waals surface area contributed by atoms with E-state index in [1.165, 1.54) is 32.1 Å². The van der Waals surface area contributed by atoms with Gasteiger partial charge in [0.1, 0.15) is 5.52 Å². The number of nitrogens with zero attached hydrogens (tertiary/aromatic N) is 4. The largest absolute Gasteiger partial charge is 0.382 e. The average molecular weight is 410 g/mol. The lowest BCUT2D eigenvalue weighted by atomic mass is 10.1. The first kappa shape index (κ1) is 22.1. The molecule has 0 fully saturated rings. The van der Waals surface area contributed by atoms with E-state index >= 15 is 0 Å². The summed E-state index contributed by atoms with van der Waals surface area (Å²) in [5, 5.41) is 1.08. The smallest absolute Gasteiger partial charge is 0.219 e. The molecule has 0 atom stereocenters. The van der Waals surface area contributed by atoms with Crippen LogP contribution in [0.2, 0.25) is 0 Å². The van der Waals surface area contributed by atoms with E-state index in [-0.39, 0.29) is 5.91 Å². The van der Waals surface area contributed by atoms with Crippen LogP contribution in [-0.2, 0) is 11.3 Å². The zero-order chi connectivity index (χ0) is 21.3. The van der Waals surface area contributed by atoms with Crippen LogP contribution < -0.4 is 5.73 Å². The van der Waals surface area contributed by atoms with Crippen LogP contribution in [0.15, 0.2) is 30.6 Å². The molecule has 0 bridgehead atoms. The summed E-state index contributed by atoms with van der Waals surface area (Å²) in [6.45, 7) is 6.47. The molecule has 0 spiro atoms. The number of hydrogen-bond acceptors (Lipinski definition) is 4. The zero-order valence-electron chi connectivity index (χ0n) is 18.4. The lowest BCUT2D eigenvalue weighted by Gasteiger charge is -2.21. The number of fused-ring (bicyclic) bond motifs is 3. The summed E-state index contributed by atoms with van der Waals surface area (Å²) in [6, 6.07) is 8.04. The Kier molecular flexibility index (Phi) is 8.05. The predicted octanol–water partition coefficient (Wildman–Crippen LogP) is 5.16. The molecule has 2 aromatic heterocycles. The molecular formula is C24H35N5O. The van der Waals surface area contributed by atoms with E-state index in [2.05, 4.69) is 27.5 Å². The number of unbranched alkanes of at least 4 members (excludes halogenated alkanes) is 6. The van der Waals surface area contributed by atoms with E-state index in [4.69, 9.17) is 5.73 Å². The lowest BCUT2D eigenvalue weighted by Crippen LogP contribution is -2.30. The number of anilines is 1. The predicted molar refractivity (Wildman–Crippen MR) is 124 cm³/mol. The molecular weight excluding hydrogens is 374 g/mol. The Balaban J connectivity index is 1.53. The first-order chi connectivity index (χ1) is 14.6. The summed E-state index contributed by atoms with van der Waals surface area (Å²) in [7, 11) is 0. The fourth-order valence-electron chi connectivity index (χ4n) is 4.07. The van der Waals surface area contributed by atoms with Gasteiger partial charge < -0.3 is 15.2 Å². The second-order valence-electron chi connectivity index (χ2n) is 8.13. The van der Waals surface area contributed by atoms with Crippen molar-refractivity contribution in [1.82, 2.24) is 19.4 Å². The minimum absolute atomic E-state index is 0.182. The molecule has 6 nitrogen and oxygen atoms in total. The van der Waals surface area contributed by atoms with Crippen molar-refractivity contribution in [2.75, 3.05) is 18.8 Å². The Morgan fingerprint density at radius 1 is 1.03 bits per heavy atom. The molecule has 0 aliphatic rings. The molecule has 0 aliphatic heterocycles. The van der Waals surface area contributed by atoms with Crippen molar-refractivity contribution < 1.29 is 4.79 Å². The molecule has 30 heavy (non-hydrogen) atoms. The number of carbonyl (C=O) groups is 1. The van der Waals surface area contributed by atoms with Crippen LogP contribution >= 0.6 is 0 Å².